The van der Waals surface area contributed by atoms with E-state index in [0.29, 0.717) is 13.1 Å². The van der Waals surface area contributed by atoms with Crippen LogP contribution in [0.1, 0.15) is 23.5 Å². The average Bonchev–Trinajstić information content (AvgIpc) is 2.98. The van der Waals surface area contributed by atoms with Gasteiger partial charge in [0.2, 0.25) is 5.91 Å². The first-order valence-electron chi connectivity index (χ1n) is 6.23. The zero-order chi connectivity index (χ0) is 13.0. The van der Waals surface area contributed by atoms with Crippen LogP contribution in [0.15, 0.2) is 5.38 Å². The van der Waals surface area contributed by atoms with Crippen molar-refractivity contribution in [3.8, 4) is 0 Å². The number of carbonyl (C=O) groups is 1. The van der Waals surface area contributed by atoms with E-state index in [0.717, 1.165) is 30.0 Å². The fourth-order valence-electron chi connectivity index (χ4n) is 2.02. The number of hydrogen-bond acceptors (Lipinski definition) is 5. The van der Waals surface area contributed by atoms with Crippen LogP contribution in [0.5, 0.6) is 0 Å². The second kappa shape index (κ2) is 6.26. The molecular formula is C12H19N3O2S. The Morgan fingerprint density at radius 2 is 2.50 bits per heavy atom. The van der Waals surface area contributed by atoms with Crippen LogP contribution in [-0.2, 0) is 16.0 Å². The van der Waals surface area contributed by atoms with Gasteiger partial charge in [-0.05, 0) is 19.8 Å². The maximum Gasteiger partial charge on any atom is 0.249 e. The van der Waals surface area contributed by atoms with E-state index in [9.17, 15) is 4.79 Å². The van der Waals surface area contributed by atoms with Crippen molar-refractivity contribution < 1.29 is 9.53 Å². The lowest BCUT2D eigenvalue weighted by atomic mass is 10.2. The summed E-state index contributed by atoms with van der Waals surface area (Å²) in [6.45, 7) is 3.07. The minimum Gasteiger partial charge on any atom is -0.364 e. The summed E-state index contributed by atoms with van der Waals surface area (Å²) in [4.78, 5) is 16.2. The minimum absolute atomic E-state index is 0.0297. The Kier molecular flexibility index (Phi) is 4.68. The largest absolute Gasteiger partial charge is 0.364 e. The third-order valence-corrected chi connectivity index (χ3v) is 3.83. The van der Waals surface area contributed by atoms with Crippen molar-refractivity contribution in [2.45, 2.75) is 38.4 Å². The number of aryl methyl sites for hydroxylation is 1. The molecule has 1 amide bonds. The highest BCUT2D eigenvalue weighted by atomic mass is 32.1. The van der Waals surface area contributed by atoms with Gasteiger partial charge in [0.25, 0.3) is 0 Å². The third-order valence-electron chi connectivity index (χ3n) is 3.01. The fraction of sp³-hybridized carbons (Fsp3) is 0.667. The van der Waals surface area contributed by atoms with E-state index in [1.807, 2.05) is 12.3 Å². The van der Waals surface area contributed by atoms with Gasteiger partial charge >= 0.3 is 0 Å². The molecule has 3 N–H and O–H groups in total. The predicted molar refractivity (Wildman–Crippen MR) is 70.5 cm³/mol. The summed E-state index contributed by atoms with van der Waals surface area (Å²) in [5.41, 5.74) is 6.54. The Labute approximate surface area is 111 Å². The average molecular weight is 269 g/mol. The van der Waals surface area contributed by atoms with Gasteiger partial charge in [-0.2, -0.15) is 0 Å². The lowest BCUT2D eigenvalue weighted by Crippen LogP contribution is -2.36. The molecule has 1 aliphatic rings. The van der Waals surface area contributed by atoms with Gasteiger partial charge in [-0.15, -0.1) is 11.3 Å². The molecule has 2 heterocycles. The topological polar surface area (TPSA) is 77.2 Å². The summed E-state index contributed by atoms with van der Waals surface area (Å²) in [7, 11) is 0. The molecule has 0 radical (unpaired) electrons. The van der Waals surface area contributed by atoms with Crippen molar-refractivity contribution in [1.82, 2.24) is 10.3 Å². The van der Waals surface area contributed by atoms with E-state index < -0.39 is 0 Å². The molecule has 5 nitrogen and oxygen atoms in total. The second-order valence-corrected chi connectivity index (χ2v) is 5.52. The van der Waals surface area contributed by atoms with Gasteiger partial charge in [0, 0.05) is 24.9 Å². The monoisotopic (exact) mass is 269 g/mol. The van der Waals surface area contributed by atoms with Crippen molar-refractivity contribution >= 4 is 17.2 Å². The lowest BCUT2D eigenvalue weighted by molar-refractivity contribution is -0.131. The molecule has 2 rings (SSSR count). The van der Waals surface area contributed by atoms with Crippen LogP contribution in [0, 0.1) is 6.92 Å². The van der Waals surface area contributed by atoms with Crippen molar-refractivity contribution in [3.05, 3.63) is 16.1 Å². The van der Waals surface area contributed by atoms with Gasteiger partial charge in [0.1, 0.15) is 6.10 Å². The molecule has 1 aliphatic heterocycles. The van der Waals surface area contributed by atoms with Crippen LogP contribution in [0.3, 0.4) is 0 Å². The maximum atomic E-state index is 11.8. The van der Waals surface area contributed by atoms with Crippen LogP contribution in [0.25, 0.3) is 0 Å². The molecule has 0 spiro atoms. The Bertz CT molecular complexity index is 408. The standard InChI is InChI=1S/C12H19N3O2S/c1-8-15-9(7-18-8)4-5-14-12(16)11-3-2-10(6-13)17-11/h7,10-11H,2-6,13H2,1H3,(H,14,16)/t10-,11+/m1/s1. The SMILES string of the molecule is Cc1nc(CCNC(=O)[C@@H]2CC[C@H](CN)O2)cs1. The van der Waals surface area contributed by atoms with Gasteiger partial charge in [-0.3, -0.25) is 4.79 Å². The minimum atomic E-state index is -0.323. The molecular weight excluding hydrogens is 250 g/mol. The molecule has 0 unspecified atom stereocenters. The number of carbonyl (C=O) groups excluding carboxylic acids is 1. The van der Waals surface area contributed by atoms with Gasteiger partial charge < -0.3 is 15.8 Å². The number of hydrogen-bond donors (Lipinski definition) is 2. The van der Waals surface area contributed by atoms with Crippen molar-refractivity contribution in [3.63, 3.8) is 0 Å². The lowest BCUT2D eigenvalue weighted by Gasteiger charge is -2.12. The molecule has 6 heteroatoms. The highest BCUT2D eigenvalue weighted by molar-refractivity contribution is 7.09. The number of rotatable bonds is 5. The molecule has 2 atom stereocenters. The van der Waals surface area contributed by atoms with Crippen molar-refractivity contribution in [1.29, 1.82) is 0 Å². The number of thiazole rings is 1. The highest BCUT2D eigenvalue weighted by Crippen LogP contribution is 2.18. The number of nitrogens with one attached hydrogen (secondary N) is 1. The smallest absolute Gasteiger partial charge is 0.249 e. The summed E-state index contributed by atoms with van der Waals surface area (Å²) in [6.07, 6.45) is 2.13. The molecule has 18 heavy (non-hydrogen) atoms. The van der Waals surface area contributed by atoms with E-state index in [1.165, 1.54) is 0 Å². The van der Waals surface area contributed by atoms with Gasteiger partial charge in [-0.25, -0.2) is 4.98 Å². The molecule has 1 saturated heterocycles. The zero-order valence-corrected chi connectivity index (χ0v) is 11.3. The van der Waals surface area contributed by atoms with Crippen LogP contribution in [-0.4, -0.2) is 36.2 Å². The molecule has 1 aromatic rings. The van der Waals surface area contributed by atoms with Crippen molar-refractivity contribution in [2.75, 3.05) is 13.1 Å². The van der Waals surface area contributed by atoms with Crippen LogP contribution in [0.2, 0.25) is 0 Å². The van der Waals surface area contributed by atoms with Crippen LogP contribution < -0.4 is 11.1 Å². The molecule has 0 aromatic carbocycles. The number of ether oxygens (including phenoxy) is 1. The number of aromatic nitrogens is 1. The molecule has 0 aliphatic carbocycles. The first-order chi connectivity index (χ1) is 8.69. The van der Waals surface area contributed by atoms with Gasteiger partial charge in [0.15, 0.2) is 0 Å². The normalized spacial score (nSPS) is 23.2. The first kappa shape index (κ1) is 13.5. The highest BCUT2D eigenvalue weighted by Gasteiger charge is 2.29. The summed E-state index contributed by atoms with van der Waals surface area (Å²) in [6, 6.07) is 0. The van der Waals surface area contributed by atoms with E-state index >= 15 is 0 Å². The van der Waals surface area contributed by atoms with E-state index in [2.05, 4.69) is 10.3 Å². The van der Waals surface area contributed by atoms with Crippen LogP contribution in [0.4, 0.5) is 0 Å². The Balaban J connectivity index is 1.69. The second-order valence-electron chi connectivity index (χ2n) is 4.46. The summed E-state index contributed by atoms with van der Waals surface area (Å²) in [5.74, 6) is -0.0297. The van der Waals surface area contributed by atoms with E-state index in [-0.39, 0.29) is 18.1 Å². The predicted octanol–water partition coefficient (Wildman–Crippen LogP) is 0.617. The Hall–Kier alpha value is -0.980. The Morgan fingerprint density at radius 3 is 3.11 bits per heavy atom. The molecule has 0 saturated carbocycles. The molecule has 100 valence electrons. The Morgan fingerprint density at radius 1 is 1.67 bits per heavy atom. The van der Waals surface area contributed by atoms with Gasteiger partial charge in [0.05, 0.1) is 16.8 Å². The summed E-state index contributed by atoms with van der Waals surface area (Å²) < 4.78 is 5.53. The van der Waals surface area contributed by atoms with Gasteiger partial charge in [-0.1, -0.05) is 0 Å². The molecule has 1 aromatic heterocycles. The number of nitrogens with zero attached hydrogens (tertiary/aromatic N) is 1. The quantitative estimate of drug-likeness (QED) is 0.821. The number of nitrogens with two attached hydrogens (primary N) is 1. The molecule has 1 fully saturated rings. The third kappa shape index (κ3) is 3.51. The van der Waals surface area contributed by atoms with Crippen molar-refractivity contribution in [2.24, 2.45) is 5.73 Å². The van der Waals surface area contributed by atoms with Crippen LogP contribution >= 0.6 is 11.3 Å². The van der Waals surface area contributed by atoms with E-state index in [1.54, 1.807) is 11.3 Å². The summed E-state index contributed by atoms with van der Waals surface area (Å²) >= 11 is 1.63. The number of amides is 1. The summed E-state index contributed by atoms with van der Waals surface area (Å²) in [5, 5.41) is 5.97. The molecule has 0 bridgehead atoms. The first-order valence-corrected chi connectivity index (χ1v) is 7.11. The zero-order valence-electron chi connectivity index (χ0n) is 10.5. The fourth-order valence-corrected chi connectivity index (χ4v) is 2.67. The maximum absolute atomic E-state index is 11.8. The van der Waals surface area contributed by atoms with E-state index in [4.69, 9.17) is 10.5 Å².